The highest BCUT2D eigenvalue weighted by molar-refractivity contribution is 9.10. The maximum Gasteiger partial charge on any atom is 0.224 e. The Kier molecular flexibility index (Phi) is 6.21. The molecule has 0 spiro atoms. The molecule has 1 atom stereocenters. The van der Waals surface area contributed by atoms with Gasteiger partial charge in [0.2, 0.25) is 5.91 Å². The molecule has 0 radical (unpaired) electrons. The van der Waals surface area contributed by atoms with Gasteiger partial charge in [0.25, 0.3) is 0 Å². The van der Waals surface area contributed by atoms with Crippen molar-refractivity contribution in [3.63, 3.8) is 0 Å². The molecule has 3 aromatic carbocycles. The molecular formula is C24H21BrClN3O. The fraction of sp³-hybridized carbons (Fsp3) is 0.167. The normalized spacial score (nSPS) is 12.1. The quantitative estimate of drug-likeness (QED) is 0.371. The van der Waals surface area contributed by atoms with E-state index in [1.807, 2.05) is 49.4 Å². The van der Waals surface area contributed by atoms with Crippen LogP contribution in [0.5, 0.6) is 0 Å². The number of nitrogens with zero attached hydrogens (tertiary/aromatic N) is 2. The van der Waals surface area contributed by atoms with Crippen LogP contribution >= 0.6 is 27.5 Å². The van der Waals surface area contributed by atoms with E-state index >= 15 is 0 Å². The molecule has 1 aromatic heterocycles. The number of carbonyl (C=O) groups excluding carboxylic acids is 1. The molecular weight excluding hydrogens is 462 g/mol. The van der Waals surface area contributed by atoms with E-state index in [9.17, 15) is 4.79 Å². The molecule has 4 aromatic rings. The minimum atomic E-state index is -0.232. The van der Waals surface area contributed by atoms with E-state index in [-0.39, 0.29) is 11.9 Å². The van der Waals surface area contributed by atoms with Gasteiger partial charge < -0.3 is 9.88 Å². The molecule has 1 heterocycles. The summed E-state index contributed by atoms with van der Waals surface area (Å²) in [4.78, 5) is 17.4. The van der Waals surface area contributed by atoms with Gasteiger partial charge in [-0.05, 0) is 54.4 Å². The smallest absolute Gasteiger partial charge is 0.224 e. The summed E-state index contributed by atoms with van der Waals surface area (Å²) >= 11 is 9.47. The molecule has 1 N–H and O–H groups in total. The average molecular weight is 483 g/mol. The first kappa shape index (κ1) is 20.6. The van der Waals surface area contributed by atoms with Crippen molar-refractivity contribution in [2.24, 2.45) is 0 Å². The van der Waals surface area contributed by atoms with Crippen molar-refractivity contribution in [1.82, 2.24) is 14.9 Å². The van der Waals surface area contributed by atoms with E-state index in [1.54, 1.807) is 12.1 Å². The third kappa shape index (κ3) is 4.74. The molecule has 0 aliphatic carbocycles. The lowest BCUT2D eigenvalue weighted by atomic mass is 10.1. The van der Waals surface area contributed by atoms with Gasteiger partial charge in [-0.2, -0.15) is 0 Å². The first-order valence-corrected chi connectivity index (χ1v) is 10.9. The van der Waals surface area contributed by atoms with Gasteiger partial charge in [0.05, 0.1) is 23.5 Å². The Labute approximate surface area is 189 Å². The second-order valence-corrected chi connectivity index (χ2v) is 8.62. The minimum Gasteiger partial charge on any atom is -0.346 e. The number of aromatic nitrogens is 2. The van der Waals surface area contributed by atoms with Crippen LogP contribution in [0.3, 0.4) is 0 Å². The zero-order valence-electron chi connectivity index (χ0n) is 16.5. The predicted octanol–water partition coefficient (Wildman–Crippen LogP) is 5.92. The van der Waals surface area contributed by atoms with E-state index < -0.39 is 0 Å². The Balaban J connectivity index is 1.59. The fourth-order valence-corrected chi connectivity index (χ4v) is 4.13. The molecule has 0 saturated carbocycles. The Morgan fingerprint density at radius 3 is 2.60 bits per heavy atom. The maximum atomic E-state index is 12.6. The van der Waals surface area contributed by atoms with Gasteiger partial charge in [-0.25, -0.2) is 4.98 Å². The topological polar surface area (TPSA) is 46.9 Å². The summed E-state index contributed by atoms with van der Waals surface area (Å²) in [5.74, 6) is 0.784. The van der Waals surface area contributed by atoms with Crippen molar-refractivity contribution >= 4 is 44.5 Å². The van der Waals surface area contributed by atoms with Crippen LogP contribution in [-0.4, -0.2) is 15.5 Å². The van der Waals surface area contributed by atoms with E-state index in [1.165, 1.54) is 0 Å². The van der Waals surface area contributed by atoms with Gasteiger partial charge >= 0.3 is 0 Å². The second kappa shape index (κ2) is 9.02. The van der Waals surface area contributed by atoms with Gasteiger partial charge in [0.1, 0.15) is 5.82 Å². The highest BCUT2D eigenvalue weighted by Crippen LogP contribution is 2.23. The molecule has 152 valence electrons. The summed E-state index contributed by atoms with van der Waals surface area (Å²) in [5, 5.41) is 3.75. The molecule has 0 aliphatic heterocycles. The summed E-state index contributed by atoms with van der Waals surface area (Å²) in [6.07, 6.45) is 0.299. The molecule has 6 heteroatoms. The molecule has 1 unspecified atom stereocenters. The largest absolute Gasteiger partial charge is 0.346 e. The SMILES string of the molecule is CC(NC(=O)Cc1ccc(Cl)cc1)c1nc2ccccc2n1Cc1cccc(Br)c1. The third-order valence-electron chi connectivity index (χ3n) is 4.96. The standard InChI is InChI=1S/C24H21BrClN3O/c1-16(27-23(30)14-17-9-11-20(26)12-10-17)24-28-21-7-2-3-8-22(21)29(24)15-18-5-4-6-19(25)13-18/h2-13,16H,14-15H2,1H3,(H,27,30). The second-order valence-electron chi connectivity index (χ2n) is 7.27. The number of carbonyl (C=O) groups is 1. The highest BCUT2D eigenvalue weighted by Gasteiger charge is 2.19. The van der Waals surface area contributed by atoms with Gasteiger partial charge in [-0.3, -0.25) is 4.79 Å². The number of nitrogens with one attached hydrogen (secondary N) is 1. The van der Waals surface area contributed by atoms with E-state index in [4.69, 9.17) is 16.6 Å². The average Bonchev–Trinajstić information content (AvgIpc) is 3.08. The lowest BCUT2D eigenvalue weighted by Gasteiger charge is -2.17. The van der Waals surface area contributed by atoms with Crippen molar-refractivity contribution < 1.29 is 4.79 Å². The molecule has 0 aliphatic rings. The zero-order chi connectivity index (χ0) is 21.1. The fourth-order valence-electron chi connectivity index (χ4n) is 3.55. The van der Waals surface area contributed by atoms with Gasteiger partial charge in [0.15, 0.2) is 0 Å². The number of imidazole rings is 1. The third-order valence-corrected chi connectivity index (χ3v) is 5.70. The van der Waals surface area contributed by atoms with Gasteiger partial charge in [0, 0.05) is 16.0 Å². The van der Waals surface area contributed by atoms with Gasteiger partial charge in [-0.1, -0.05) is 63.9 Å². The zero-order valence-corrected chi connectivity index (χ0v) is 18.8. The first-order chi connectivity index (χ1) is 14.5. The summed E-state index contributed by atoms with van der Waals surface area (Å²) in [5.41, 5.74) is 4.05. The maximum absolute atomic E-state index is 12.6. The Bertz CT molecular complexity index is 1190. The summed E-state index contributed by atoms with van der Waals surface area (Å²) in [6, 6.07) is 23.4. The Morgan fingerprint density at radius 1 is 1.07 bits per heavy atom. The van der Waals surface area contributed by atoms with Crippen LogP contribution in [0.2, 0.25) is 5.02 Å². The molecule has 0 fully saturated rings. The number of benzene rings is 3. The van der Waals surface area contributed by atoms with Crippen molar-refractivity contribution in [2.45, 2.75) is 25.9 Å². The lowest BCUT2D eigenvalue weighted by molar-refractivity contribution is -0.121. The van der Waals surface area contributed by atoms with Crippen molar-refractivity contribution in [3.8, 4) is 0 Å². The molecule has 0 bridgehead atoms. The van der Waals surface area contributed by atoms with Crippen LogP contribution in [0.1, 0.15) is 29.9 Å². The molecule has 0 saturated heterocycles. The highest BCUT2D eigenvalue weighted by atomic mass is 79.9. The molecule has 1 amide bonds. The Hall–Kier alpha value is -2.63. The van der Waals surface area contributed by atoms with Gasteiger partial charge in [-0.15, -0.1) is 0 Å². The van der Waals surface area contributed by atoms with Crippen molar-refractivity contribution in [1.29, 1.82) is 0 Å². The van der Waals surface area contributed by atoms with Crippen LogP contribution in [0.15, 0.2) is 77.3 Å². The lowest BCUT2D eigenvalue weighted by Crippen LogP contribution is -2.30. The van der Waals surface area contributed by atoms with Crippen LogP contribution in [0.4, 0.5) is 0 Å². The predicted molar refractivity (Wildman–Crippen MR) is 125 cm³/mol. The van der Waals surface area contributed by atoms with E-state index in [2.05, 4.69) is 44.0 Å². The minimum absolute atomic E-state index is 0.0501. The number of amides is 1. The number of halogens is 2. The van der Waals surface area contributed by atoms with E-state index in [0.29, 0.717) is 18.0 Å². The number of fused-ring (bicyclic) bond motifs is 1. The number of para-hydroxylation sites is 2. The number of hydrogen-bond donors (Lipinski definition) is 1. The molecule has 4 nitrogen and oxygen atoms in total. The van der Waals surface area contributed by atoms with Crippen LogP contribution in [0, 0.1) is 0 Å². The van der Waals surface area contributed by atoms with Crippen LogP contribution in [-0.2, 0) is 17.8 Å². The van der Waals surface area contributed by atoms with E-state index in [0.717, 1.165) is 32.5 Å². The summed E-state index contributed by atoms with van der Waals surface area (Å²) in [6.45, 7) is 2.64. The number of rotatable bonds is 6. The van der Waals surface area contributed by atoms with Crippen LogP contribution < -0.4 is 5.32 Å². The monoisotopic (exact) mass is 481 g/mol. The van der Waals surface area contributed by atoms with Crippen molar-refractivity contribution in [2.75, 3.05) is 0 Å². The molecule has 30 heavy (non-hydrogen) atoms. The number of hydrogen-bond acceptors (Lipinski definition) is 2. The molecule has 4 rings (SSSR count). The van der Waals surface area contributed by atoms with Crippen LogP contribution in [0.25, 0.3) is 11.0 Å². The van der Waals surface area contributed by atoms with Crippen molar-refractivity contribution in [3.05, 3.63) is 99.2 Å². The Morgan fingerprint density at radius 2 is 1.83 bits per heavy atom. The summed E-state index contributed by atoms with van der Waals surface area (Å²) in [7, 11) is 0. The first-order valence-electron chi connectivity index (χ1n) is 9.73. The summed E-state index contributed by atoms with van der Waals surface area (Å²) < 4.78 is 3.21.